The number of rotatable bonds is 5. The van der Waals surface area contributed by atoms with Crippen LogP contribution in [0.5, 0.6) is 5.75 Å². The molecule has 2 aromatic carbocycles. The van der Waals surface area contributed by atoms with Gasteiger partial charge in [0, 0.05) is 17.1 Å². The zero-order chi connectivity index (χ0) is 17.1. The second-order valence-corrected chi connectivity index (χ2v) is 8.28. The molecular weight excluding hydrogens is 357 g/mol. The van der Waals surface area contributed by atoms with E-state index >= 15 is 0 Å². The lowest BCUT2D eigenvalue weighted by Gasteiger charge is -2.09. The lowest BCUT2D eigenvalue weighted by atomic mass is 10.2. The van der Waals surface area contributed by atoms with Crippen LogP contribution in [0.1, 0.15) is 16.0 Å². The third kappa shape index (κ3) is 4.02. The van der Waals surface area contributed by atoms with E-state index in [0.717, 1.165) is 11.3 Å². The lowest BCUT2D eigenvalue weighted by Crippen LogP contribution is -1.95. The SMILES string of the molecule is Fc1ccc(-c2cnc(COc3ccc(C4SCCS4)cc3)o2)cc1. The van der Waals surface area contributed by atoms with Gasteiger partial charge in [-0.1, -0.05) is 12.1 Å². The van der Waals surface area contributed by atoms with Gasteiger partial charge < -0.3 is 9.15 Å². The molecular formula is C19H16FNO2S2. The molecule has 4 rings (SSSR count). The molecule has 0 amide bonds. The van der Waals surface area contributed by atoms with Crippen LogP contribution in [0.3, 0.4) is 0 Å². The Balaban J connectivity index is 1.37. The fourth-order valence-electron chi connectivity index (χ4n) is 2.54. The minimum Gasteiger partial charge on any atom is -0.484 e. The van der Waals surface area contributed by atoms with Crippen LogP contribution in [0.2, 0.25) is 0 Å². The smallest absolute Gasteiger partial charge is 0.232 e. The summed E-state index contributed by atoms with van der Waals surface area (Å²) in [6.07, 6.45) is 1.63. The van der Waals surface area contributed by atoms with Crippen molar-refractivity contribution in [3.05, 3.63) is 72.0 Å². The molecule has 25 heavy (non-hydrogen) atoms. The molecule has 128 valence electrons. The molecule has 3 nitrogen and oxygen atoms in total. The van der Waals surface area contributed by atoms with Crippen molar-refractivity contribution >= 4 is 23.5 Å². The number of halogens is 1. The summed E-state index contributed by atoms with van der Waals surface area (Å²) in [6, 6.07) is 14.3. The van der Waals surface area contributed by atoms with Crippen molar-refractivity contribution in [1.82, 2.24) is 4.98 Å². The first kappa shape index (κ1) is 16.5. The Morgan fingerprint density at radius 3 is 2.48 bits per heavy atom. The van der Waals surface area contributed by atoms with Gasteiger partial charge in [0.25, 0.3) is 0 Å². The Morgan fingerprint density at radius 1 is 1.04 bits per heavy atom. The summed E-state index contributed by atoms with van der Waals surface area (Å²) < 4.78 is 24.9. The van der Waals surface area contributed by atoms with Crippen LogP contribution in [0.4, 0.5) is 4.39 Å². The third-order valence-electron chi connectivity index (χ3n) is 3.82. The van der Waals surface area contributed by atoms with Crippen molar-refractivity contribution in [2.75, 3.05) is 11.5 Å². The lowest BCUT2D eigenvalue weighted by molar-refractivity contribution is 0.264. The maximum Gasteiger partial charge on any atom is 0.232 e. The fourth-order valence-corrected chi connectivity index (χ4v) is 5.40. The molecule has 1 aromatic heterocycles. The van der Waals surface area contributed by atoms with Crippen LogP contribution in [0.25, 0.3) is 11.3 Å². The minimum absolute atomic E-state index is 0.257. The molecule has 0 bridgehead atoms. The topological polar surface area (TPSA) is 35.3 Å². The average molecular weight is 373 g/mol. The number of oxazole rings is 1. The van der Waals surface area contributed by atoms with Crippen LogP contribution < -0.4 is 4.74 Å². The highest BCUT2D eigenvalue weighted by Crippen LogP contribution is 2.45. The van der Waals surface area contributed by atoms with E-state index in [1.165, 1.54) is 29.2 Å². The molecule has 1 saturated heterocycles. The Morgan fingerprint density at radius 2 is 1.76 bits per heavy atom. The number of thioether (sulfide) groups is 2. The molecule has 0 atom stereocenters. The van der Waals surface area contributed by atoms with Crippen LogP contribution >= 0.6 is 23.5 Å². The molecule has 3 aromatic rings. The van der Waals surface area contributed by atoms with Crippen molar-refractivity contribution < 1.29 is 13.5 Å². The Labute approximate surface area is 154 Å². The van der Waals surface area contributed by atoms with E-state index in [2.05, 4.69) is 17.1 Å². The molecule has 6 heteroatoms. The minimum atomic E-state index is -0.273. The van der Waals surface area contributed by atoms with Gasteiger partial charge in [-0.15, -0.1) is 23.5 Å². The van der Waals surface area contributed by atoms with Gasteiger partial charge in [-0.25, -0.2) is 9.37 Å². The van der Waals surface area contributed by atoms with Gasteiger partial charge in [0.1, 0.15) is 11.6 Å². The summed E-state index contributed by atoms with van der Waals surface area (Å²) >= 11 is 3.97. The third-order valence-corrected chi connectivity index (χ3v) is 6.92. The molecule has 0 radical (unpaired) electrons. The molecule has 0 N–H and O–H groups in total. The highest BCUT2D eigenvalue weighted by molar-refractivity contribution is 8.19. The largest absolute Gasteiger partial charge is 0.484 e. The van der Waals surface area contributed by atoms with E-state index in [0.29, 0.717) is 16.2 Å². The Kier molecular flexibility index (Phi) is 4.99. The molecule has 0 unspecified atom stereocenters. The van der Waals surface area contributed by atoms with Crippen LogP contribution in [-0.4, -0.2) is 16.5 Å². The van der Waals surface area contributed by atoms with Crippen molar-refractivity contribution in [2.24, 2.45) is 0 Å². The zero-order valence-corrected chi connectivity index (χ0v) is 15.0. The molecule has 0 spiro atoms. The maximum atomic E-state index is 13.0. The Bertz CT molecular complexity index is 827. The summed E-state index contributed by atoms with van der Waals surface area (Å²) in [5, 5.41) is 0. The quantitative estimate of drug-likeness (QED) is 0.587. The molecule has 1 aliphatic heterocycles. The first-order chi connectivity index (χ1) is 12.3. The molecule has 1 fully saturated rings. The van der Waals surface area contributed by atoms with E-state index in [1.54, 1.807) is 18.3 Å². The van der Waals surface area contributed by atoms with E-state index in [9.17, 15) is 4.39 Å². The normalized spacial score (nSPS) is 14.8. The molecule has 0 aliphatic carbocycles. The van der Waals surface area contributed by atoms with Crippen molar-refractivity contribution in [3.63, 3.8) is 0 Å². The van der Waals surface area contributed by atoms with Gasteiger partial charge in [-0.3, -0.25) is 0 Å². The number of aromatic nitrogens is 1. The van der Waals surface area contributed by atoms with Gasteiger partial charge in [-0.05, 0) is 42.0 Å². The summed E-state index contributed by atoms with van der Waals surface area (Å²) in [5.41, 5.74) is 2.12. The predicted molar refractivity (Wildman–Crippen MR) is 100 cm³/mol. The monoisotopic (exact) mass is 373 g/mol. The average Bonchev–Trinajstić information content (AvgIpc) is 3.33. The van der Waals surface area contributed by atoms with Crippen molar-refractivity contribution in [2.45, 2.75) is 11.2 Å². The van der Waals surface area contributed by atoms with E-state index in [-0.39, 0.29) is 12.4 Å². The second kappa shape index (κ2) is 7.54. The van der Waals surface area contributed by atoms with Gasteiger partial charge in [0.2, 0.25) is 5.89 Å². The number of ether oxygens (including phenoxy) is 1. The fraction of sp³-hybridized carbons (Fsp3) is 0.211. The second-order valence-electron chi connectivity index (χ2n) is 5.56. The maximum absolute atomic E-state index is 13.0. The van der Waals surface area contributed by atoms with Crippen molar-refractivity contribution in [3.8, 4) is 17.1 Å². The predicted octanol–water partition coefficient (Wildman–Crippen LogP) is 5.54. The highest BCUT2D eigenvalue weighted by Gasteiger charge is 2.18. The summed E-state index contributed by atoms with van der Waals surface area (Å²) in [6.45, 7) is 0.257. The molecule has 0 saturated carbocycles. The van der Waals surface area contributed by atoms with Gasteiger partial charge >= 0.3 is 0 Å². The number of hydrogen-bond acceptors (Lipinski definition) is 5. The van der Waals surface area contributed by atoms with E-state index < -0.39 is 0 Å². The van der Waals surface area contributed by atoms with E-state index in [4.69, 9.17) is 9.15 Å². The summed E-state index contributed by atoms with van der Waals surface area (Å²) in [5.74, 6) is 4.04. The van der Waals surface area contributed by atoms with Crippen molar-refractivity contribution in [1.29, 1.82) is 0 Å². The van der Waals surface area contributed by atoms with Crippen LogP contribution in [0, 0.1) is 5.82 Å². The van der Waals surface area contributed by atoms with Gasteiger partial charge in [0.15, 0.2) is 12.4 Å². The highest BCUT2D eigenvalue weighted by atomic mass is 32.2. The van der Waals surface area contributed by atoms with Crippen LogP contribution in [0.15, 0.2) is 59.1 Å². The standard InChI is InChI=1S/C19H16FNO2S2/c20-15-5-1-13(2-6-15)17-11-21-18(23-17)12-22-16-7-3-14(4-8-16)19-24-9-10-25-19/h1-8,11,19H,9-10,12H2. The number of benzene rings is 2. The zero-order valence-electron chi connectivity index (χ0n) is 13.4. The first-order valence-corrected chi connectivity index (χ1v) is 10.0. The summed E-state index contributed by atoms with van der Waals surface area (Å²) in [7, 11) is 0. The van der Waals surface area contributed by atoms with E-state index in [1.807, 2.05) is 35.7 Å². The molecule has 2 heterocycles. The van der Waals surface area contributed by atoms with Gasteiger partial charge in [0.05, 0.1) is 10.8 Å². The van der Waals surface area contributed by atoms with Crippen LogP contribution in [-0.2, 0) is 6.61 Å². The number of nitrogens with zero attached hydrogens (tertiary/aromatic N) is 1. The Hall–Kier alpha value is -1.92. The number of hydrogen-bond donors (Lipinski definition) is 0. The summed E-state index contributed by atoms with van der Waals surface area (Å²) in [4.78, 5) is 4.22. The van der Waals surface area contributed by atoms with Gasteiger partial charge in [-0.2, -0.15) is 0 Å². The molecule has 1 aliphatic rings. The first-order valence-electron chi connectivity index (χ1n) is 7.94.